The van der Waals surface area contributed by atoms with Gasteiger partial charge in [-0.1, -0.05) is 12.1 Å². The number of hydrogen-bond donors (Lipinski definition) is 1. The van der Waals surface area contributed by atoms with E-state index in [1.807, 2.05) is 42.5 Å². The molecule has 2 aliphatic heterocycles. The number of hydrogen-bond acceptors (Lipinski definition) is 5. The van der Waals surface area contributed by atoms with E-state index in [1.54, 1.807) is 11.8 Å². The van der Waals surface area contributed by atoms with Gasteiger partial charge in [-0.3, -0.25) is 4.79 Å². The number of anilines is 1. The van der Waals surface area contributed by atoms with Gasteiger partial charge in [0.2, 0.25) is 0 Å². The molecule has 0 unspecified atom stereocenters. The van der Waals surface area contributed by atoms with E-state index in [0.717, 1.165) is 42.3 Å². The third kappa shape index (κ3) is 4.57. The van der Waals surface area contributed by atoms with Crippen molar-refractivity contribution in [1.82, 2.24) is 0 Å². The van der Waals surface area contributed by atoms with E-state index < -0.39 is 0 Å². The van der Waals surface area contributed by atoms with Crippen LogP contribution in [0, 0.1) is 0 Å². The minimum Gasteiger partial charge on any atom is -0.490 e. The summed E-state index contributed by atoms with van der Waals surface area (Å²) in [6, 6.07) is 13.2. The molecule has 6 heteroatoms. The number of ether oxygens (including phenoxy) is 3. The highest BCUT2D eigenvalue weighted by Crippen LogP contribution is 2.33. The van der Waals surface area contributed by atoms with Gasteiger partial charge in [0.05, 0.1) is 24.9 Å². The van der Waals surface area contributed by atoms with Crippen molar-refractivity contribution in [3.8, 4) is 11.5 Å². The van der Waals surface area contributed by atoms with Crippen molar-refractivity contribution in [2.45, 2.75) is 30.3 Å². The number of thioether (sulfide) groups is 1. The van der Waals surface area contributed by atoms with Gasteiger partial charge in [-0.05, 0) is 37.1 Å². The number of fused-ring (bicyclic) bond motifs is 1. The Kier molecular flexibility index (Phi) is 5.84. The summed E-state index contributed by atoms with van der Waals surface area (Å²) >= 11 is 1.68. The molecule has 0 radical (unpaired) electrons. The molecule has 1 fully saturated rings. The van der Waals surface area contributed by atoms with E-state index >= 15 is 0 Å². The van der Waals surface area contributed by atoms with Gasteiger partial charge in [0.1, 0.15) is 0 Å². The molecule has 142 valence electrons. The molecule has 5 nitrogen and oxygen atoms in total. The van der Waals surface area contributed by atoms with Crippen molar-refractivity contribution in [2.24, 2.45) is 0 Å². The maximum atomic E-state index is 12.8. The Hall–Kier alpha value is -2.18. The van der Waals surface area contributed by atoms with Gasteiger partial charge in [-0.25, -0.2) is 0 Å². The van der Waals surface area contributed by atoms with Crippen LogP contribution in [0.2, 0.25) is 0 Å². The maximum Gasteiger partial charge on any atom is 0.256 e. The average Bonchev–Trinajstić information content (AvgIpc) is 3.11. The lowest BCUT2D eigenvalue weighted by atomic mass is 10.2. The van der Waals surface area contributed by atoms with Crippen LogP contribution >= 0.6 is 11.8 Å². The van der Waals surface area contributed by atoms with Crippen LogP contribution < -0.4 is 14.8 Å². The molecule has 0 aromatic heterocycles. The van der Waals surface area contributed by atoms with Gasteiger partial charge >= 0.3 is 0 Å². The highest BCUT2D eigenvalue weighted by Gasteiger charge is 2.18. The van der Waals surface area contributed by atoms with E-state index in [2.05, 4.69) is 5.32 Å². The first-order valence-corrected chi connectivity index (χ1v) is 10.3. The summed E-state index contributed by atoms with van der Waals surface area (Å²) in [6.45, 7) is 2.11. The van der Waals surface area contributed by atoms with Gasteiger partial charge in [0, 0.05) is 35.4 Å². The van der Waals surface area contributed by atoms with Crippen LogP contribution in [0.1, 0.15) is 29.6 Å². The molecule has 0 aliphatic carbocycles. The van der Waals surface area contributed by atoms with Crippen LogP contribution in [0.25, 0.3) is 0 Å². The molecule has 4 rings (SSSR count). The predicted octanol–water partition coefficient (Wildman–Crippen LogP) is 4.37. The quantitative estimate of drug-likeness (QED) is 0.775. The molecule has 2 aromatic rings. The highest BCUT2D eigenvalue weighted by molar-refractivity contribution is 7.99. The molecule has 1 amide bonds. The molecule has 2 aliphatic rings. The summed E-state index contributed by atoms with van der Waals surface area (Å²) in [4.78, 5) is 13.8. The zero-order valence-corrected chi connectivity index (χ0v) is 15.9. The van der Waals surface area contributed by atoms with Crippen LogP contribution in [-0.2, 0) is 4.74 Å². The zero-order valence-electron chi connectivity index (χ0n) is 15.1. The van der Waals surface area contributed by atoms with E-state index in [0.29, 0.717) is 30.2 Å². The van der Waals surface area contributed by atoms with Crippen molar-refractivity contribution < 1.29 is 19.0 Å². The largest absolute Gasteiger partial charge is 0.490 e. The minimum atomic E-state index is -0.125. The molecular formula is C21H23NO4S. The number of amides is 1. The lowest BCUT2D eigenvalue weighted by Crippen LogP contribution is -2.14. The third-order valence-corrected chi connectivity index (χ3v) is 5.79. The van der Waals surface area contributed by atoms with Crippen LogP contribution in [0.3, 0.4) is 0 Å². The summed E-state index contributed by atoms with van der Waals surface area (Å²) in [6.07, 6.45) is 3.36. The molecular weight excluding hydrogens is 362 g/mol. The van der Waals surface area contributed by atoms with Crippen LogP contribution in [0.15, 0.2) is 47.4 Å². The fourth-order valence-electron chi connectivity index (χ4n) is 3.18. The minimum absolute atomic E-state index is 0.125. The summed E-state index contributed by atoms with van der Waals surface area (Å²) in [7, 11) is 0. The summed E-state index contributed by atoms with van der Waals surface area (Å²) in [5, 5.41) is 2.98. The van der Waals surface area contributed by atoms with E-state index in [4.69, 9.17) is 14.2 Å². The van der Waals surface area contributed by atoms with Crippen molar-refractivity contribution >= 4 is 23.4 Å². The lowest BCUT2D eigenvalue weighted by Gasteiger charge is -2.13. The van der Waals surface area contributed by atoms with Gasteiger partial charge in [-0.15, -0.1) is 11.8 Å². The molecule has 1 N–H and O–H groups in total. The Balaban J connectivity index is 1.45. The summed E-state index contributed by atoms with van der Waals surface area (Å²) < 4.78 is 17.0. The first-order chi connectivity index (χ1) is 13.3. The van der Waals surface area contributed by atoms with Crippen molar-refractivity contribution in [3.63, 3.8) is 0 Å². The fourth-order valence-corrected chi connectivity index (χ4v) is 4.30. The highest BCUT2D eigenvalue weighted by atomic mass is 32.2. The third-order valence-electron chi connectivity index (χ3n) is 4.59. The SMILES string of the molecule is O=C(Nc1ccc2c(c1)OCCCO2)c1ccccc1SC[C@H]1CCCO1. The van der Waals surface area contributed by atoms with Crippen LogP contribution in [0.5, 0.6) is 11.5 Å². The van der Waals surface area contributed by atoms with Crippen LogP contribution in [-0.4, -0.2) is 37.6 Å². The molecule has 1 atom stereocenters. The summed E-state index contributed by atoms with van der Waals surface area (Å²) in [5.74, 6) is 2.14. The summed E-state index contributed by atoms with van der Waals surface area (Å²) in [5.41, 5.74) is 1.37. The number of nitrogens with one attached hydrogen (secondary N) is 1. The van der Waals surface area contributed by atoms with Gasteiger partial charge in [0.15, 0.2) is 11.5 Å². The second-order valence-electron chi connectivity index (χ2n) is 6.61. The van der Waals surface area contributed by atoms with Gasteiger partial charge < -0.3 is 19.5 Å². The Bertz CT molecular complexity index is 805. The fraction of sp³-hybridized carbons (Fsp3) is 0.381. The number of benzene rings is 2. The van der Waals surface area contributed by atoms with E-state index in [-0.39, 0.29) is 12.0 Å². The molecule has 0 spiro atoms. The number of rotatable bonds is 5. The molecule has 2 aromatic carbocycles. The maximum absolute atomic E-state index is 12.8. The van der Waals surface area contributed by atoms with Crippen molar-refractivity contribution in [3.05, 3.63) is 48.0 Å². The standard InChI is InChI=1S/C21H23NO4S/c23-21(22-15-8-9-18-19(13-15)26-12-4-11-25-18)17-6-1-2-7-20(17)27-14-16-5-3-10-24-16/h1-2,6-9,13,16H,3-5,10-12,14H2,(H,22,23)/t16-/m1/s1. The second kappa shape index (κ2) is 8.67. The Morgan fingerprint density at radius 1 is 1.04 bits per heavy atom. The second-order valence-corrected chi connectivity index (χ2v) is 7.67. The average molecular weight is 385 g/mol. The van der Waals surface area contributed by atoms with Crippen molar-refractivity contribution in [1.29, 1.82) is 0 Å². The zero-order chi connectivity index (χ0) is 18.5. The first-order valence-electron chi connectivity index (χ1n) is 9.34. The van der Waals surface area contributed by atoms with Gasteiger partial charge in [0.25, 0.3) is 5.91 Å². The topological polar surface area (TPSA) is 56.8 Å². The Morgan fingerprint density at radius 3 is 2.74 bits per heavy atom. The molecule has 0 saturated carbocycles. The Labute approximate surface area is 163 Å². The Morgan fingerprint density at radius 2 is 1.89 bits per heavy atom. The smallest absolute Gasteiger partial charge is 0.256 e. The lowest BCUT2D eigenvalue weighted by molar-refractivity contribution is 0.102. The predicted molar refractivity (Wildman–Crippen MR) is 106 cm³/mol. The first kappa shape index (κ1) is 18.2. The molecule has 1 saturated heterocycles. The monoisotopic (exact) mass is 385 g/mol. The molecule has 27 heavy (non-hydrogen) atoms. The van der Waals surface area contributed by atoms with E-state index in [9.17, 15) is 4.79 Å². The van der Waals surface area contributed by atoms with E-state index in [1.165, 1.54) is 0 Å². The molecule has 0 bridgehead atoms. The number of carbonyl (C=O) groups excluding carboxylic acids is 1. The normalized spacial score (nSPS) is 18.7. The van der Waals surface area contributed by atoms with Crippen molar-refractivity contribution in [2.75, 3.05) is 30.9 Å². The molecule has 2 heterocycles. The number of carbonyl (C=O) groups is 1. The van der Waals surface area contributed by atoms with Gasteiger partial charge in [-0.2, -0.15) is 0 Å². The van der Waals surface area contributed by atoms with Crippen LogP contribution in [0.4, 0.5) is 5.69 Å².